The molecule has 2 aromatic heterocycles. The molecule has 2 saturated carbocycles. The third kappa shape index (κ3) is 2.97. The van der Waals surface area contributed by atoms with E-state index in [0.29, 0.717) is 35.5 Å². The monoisotopic (exact) mass is 446 g/mol. The largest absolute Gasteiger partial charge is 0.389 e. The van der Waals surface area contributed by atoms with E-state index < -0.39 is 23.7 Å². The van der Waals surface area contributed by atoms with Gasteiger partial charge in [0.1, 0.15) is 11.9 Å². The van der Waals surface area contributed by atoms with E-state index in [0.717, 1.165) is 0 Å². The molecule has 4 N–H and O–H groups in total. The van der Waals surface area contributed by atoms with Crippen LogP contribution in [0.5, 0.6) is 0 Å². The molecule has 2 aliphatic carbocycles. The lowest BCUT2D eigenvalue weighted by Crippen LogP contribution is -2.41. The number of fused-ring (bicyclic) bond motifs is 2. The number of anilines is 1. The highest BCUT2D eigenvalue weighted by atomic mass is 35.5. The van der Waals surface area contributed by atoms with Gasteiger partial charge in [0.05, 0.1) is 23.9 Å². The maximum atomic E-state index is 13.4. The molecule has 0 radical (unpaired) electrons. The van der Waals surface area contributed by atoms with Gasteiger partial charge in [-0.15, -0.1) is 0 Å². The van der Waals surface area contributed by atoms with Crippen molar-refractivity contribution < 1.29 is 19.4 Å². The minimum atomic E-state index is -1.19. The van der Waals surface area contributed by atoms with Crippen molar-refractivity contribution in [3.63, 3.8) is 0 Å². The van der Waals surface area contributed by atoms with Crippen LogP contribution in [0.25, 0.3) is 11.2 Å². The maximum absolute atomic E-state index is 13.4. The van der Waals surface area contributed by atoms with Gasteiger partial charge in [0.2, 0.25) is 11.2 Å². The molecule has 0 saturated heterocycles. The highest BCUT2D eigenvalue weighted by molar-refractivity contribution is 6.28. The fraction of sp³-hybridized carbons (Fsp3) is 0.400. The first-order valence-corrected chi connectivity index (χ1v) is 10.2. The Hall–Kier alpha value is -2.82. The minimum Gasteiger partial charge on any atom is -0.389 e. The Morgan fingerprint density at radius 3 is 2.94 bits per heavy atom. The summed E-state index contributed by atoms with van der Waals surface area (Å²) in [5.74, 6) is -0.528. The zero-order valence-corrected chi connectivity index (χ0v) is 17.2. The van der Waals surface area contributed by atoms with Crippen molar-refractivity contribution in [1.29, 1.82) is 0 Å². The topological polar surface area (TPSA) is 125 Å². The second kappa shape index (κ2) is 7.11. The Balaban J connectivity index is 1.49. The van der Waals surface area contributed by atoms with Gasteiger partial charge in [-0.3, -0.25) is 4.79 Å². The van der Waals surface area contributed by atoms with Gasteiger partial charge in [0, 0.05) is 19.5 Å². The number of hydrogen-bond donors (Lipinski definition) is 4. The van der Waals surface area contributed by atoms with Gasteiger partial charge in [0.25, 0.3) is 0 Å². The molecule has 0 aliphatic heterocycles. The maximum Gasteiger partial charge on any atom is 0.229 e. The number of rotatable bonds is 5. The molecule has 5 rings (SSSR count). The normalized spacial score (nSPS) is 29.1. The van der Waals surface area contributed by atoms with Gasteiger partial charge in [0.15, 0.2) is 17.0 Å². The van der Waals surface area contributed by atoms with E-state index in [9.17, 15) is 19.4 Å². The number of benzene rings is 1. The average molecular weight is 447 g/mol. The smallest absolute Gasteiger partial charge is 0.229 e. The Bertz CT molecular complexity index is 1190. The van der Waals surface area contributed by atoms with E-state index in [1.165, 1.54) is 25.5 Å². The first kappa shape index (κ1) is 20.1. The molecule has 1 aromatic carbocycles. The number of halogens is 2. The van der Waals surface area contributed by atoms with Crippen LogP contribution in [-0.2, 0) is 11.3 Å². The van der Waals surface area contributed by atoms with Crippen LogP contribution in [0.2, 0.25) is 5.28 Å². The Labute approximate surface area is 181 Å². The van der Waals surface area contributed by atoms with E-state index in [1.807, 2.05) is 0 Å². The van der Waals surface area contributed by atoms with Crippen molar-refractivity contribution in [3.05, 3.63) is 47.3 Å². The molecule has 3 aromatic rings. The first-order chi connectivity index (χ1) is 14.9. The molecule has 11 heteroatoms. The molecular formula is C20H20ClFN6O3. The van der Waals surface area contributed by atoms with Crippen molar-refractivity contribution in [2.24, 2.45) is 11.3 Å². The molecule has 9 nitrogen and oxygen atoms in total. The SMILES string of the molecule is CNC(=O)[C@]12C[C@H]1[C@@H](n1cnc3c(NCc4cccc(F)c4)nc(Cl)nc31)[C@H](O)[C@@H]2O. The van der Waals surface area contributed by atoms with Crippen LogP contribution in [0.4, 0.5) is 10.2 Å². The zero-order chi connectivity index (χ0) is 21.9. The van der Waals surface area contributed by atoms with Crippen molar-refractivity contribution in [1.82, 2.24) is 24.8 Å². The highest BCUT2D eigenvalue weighted by Gasteiger charge is 2.75. The van der Waals surface area contributed by atoms with Crippen molar-refractivity contribution >= 4 is 34.5 Å². The van der Waals surface area contributed by atoms with Gasteiger partial charge in [-0.1, -0.05) is 12.1 Å². The second-order valence-corrected chi connectivity index (χ2v) is 8.34. The molecule has 1 amide bonds. The number of carbonyl (C=O) groups excluding carboxylic acids is 1. The molecular weight excluding hydrogens is 427 g/mol. The van der Waals surface area contributed by atoms with Crippen LogP contribution < -0.4 is 10.6 Å². The molecule has 2 fully saturated rings. The summed E-state index contributed by atoms with van der Waals surface area (Å²) in [6, 6.07) is 5.58. The van der Waals surface area contributed by atoms with Gasteiger partial charge in [-0.05, 0) is 35.7 Å². The fourth-order valence-corrected chi connectivity index (χ4v) is 5.02. The van der Waals surface area contributed by atoms with Gasteiger partial charge in [-0.2, -0.15) is 9.97 Å². The molecule has 2 aliphatic rings. The van der Waals surface area contributed by atoms with E-state index >= 15 is 0 Å². The number of aromatic nitrogens is 4. The number of amides is 1. The molecule has 2 heterocycles. The van der Waals surface area contributed by atoms with Gasteiger partial charge < -0.3 is 25.4 Å². The number of imidazole rings is 1. The number of hydrogen-bond acceptors (Lipinski definition) is 7. The van der Waals surface area contributed by atoms with Crippen molar-refractivity contribution in [3.8, 4) is 0 Å². The summed E-state index contributed by atoms with van der Waals surface area (Å²) in [4.78, 5) is 25.2. The number of carbonyl (C=O) groups is 1. The Morgan fingerprint density at radius 1 is 1.39 bits per heavy atom. The van der Waals surface area contributed by atoms with Gasteiger partial charge >= 0.3 is 0 Å². The standard InChI is InChI=1S/C20H20ClFN6O3/c1-23-18(31)20-6-11(20)13(14(29)15(20)30)28-8-25-12-16(26-19(21)27-17(12)28)24-7-9-3-2-4-10(22)5-9/h2-5,8,11,13-15,29-30H,6-7H2,1H3,(H,23,31)(H,24,26,27)/t11-,13+,14-,15-,20+/m0/s1. The Morgan fingerprint density at radius 2 is 2.19 bits per heavy atom. The number of nitrogens with one attached hydrogen (secondary N) is 2. The van der Waals surface area contributed by atoms with Crippen LogP contribution in [-0.4, -0.2) is 54.9 Å². The summed E-state index contributed by atoms with van der Waals surface area (Å²) in [7, 11) is 1.51. The summed E-state index contributed by atoms with van der Waals surface area (Å²) in [5.41, 5.74) is 0.494. The molecule has 0 unspecified atom stereocenters. The van der Waals surface area contributed by atoms with Crippen molar-refractivity contribution in [2.75, 3.05) is 12.4 Å². The zero-order valence-electron chi connectivity index (χ0n) is 16.5. The summed E-state index contributed by atoms with van der Waals surface area (Å²) in [6.07, 6.45) is -0.394. The molecule has 0 bridgehead atoms. The predicted molar refractivity (Wildman–Crippen MR) is 110 cm³/mol. The van der Waals surface area contributed by atoms with Crippen LogP contribution in [0.15, 0.2) is 30.6 Å². The van der Waals surface area contributed by atoms with Crippen LogP contribution in [0, 0.1) is 17.2 Å². The molecule has 5 atom stereocenters. The molecule has 31 heavy (non-hydrogen) atoms. The predicted octanol–water partition coefficient (Wildman–Crippen LogP) is 1.26. The van der Waals surface area contributed by atoms with Crippen LogP contribution >= 0.6 is 11.6 Å². The fourth-order valence-electron chi connectivity index (χ4n) is 4.85. The van der Waals surface area contributed by atoms with Crippen molar-refractivity contribution in [2.45, 2.75) is 31.2 Å². The van der Waals surface area contributed by atoms with Crippen LogP contribution in [0.3, 0.4) is 0 Å². The Kier molecular flexibility index (Phi) is 4.61. The molecule has 162 valence electrons. The second-order valence-electron chi connectivity index (χ2n) is 8.00. The summed E-state index contributed by atoms with van der Waals surface area (Å²) >= 11 is 6.14. The number of nitrogens with zero attached hydrogens (tertiary/aromatic N) is 4. The molecule has 0 spiro atoms. The lowest BCUT2D eigenvalue weighted by atomic mass is 9.98. The summed E-state index contributed by atoms with van der Waals surface area (Å²) < 4.78 is 15.1. The minimum absolute atomic E-state index is 0.0302. The summed E-state index contributed by atoms with van der Waals surface area (Å²) in [6.45, 7) is 0.292. The third-order valence-electron chi connectivity index (χ3n) is 6.39. The van der Waals surface area contributed by atoms with E-state index in [-0.39, 0.29) is 22.9 Å². The number of aliphatic hydroxyl groups is 2. The lowest BCUT2D eigenvalue weighted by Gasteiger charge is -2.23. The first-order valence-electron chi connectivity index (χ1n) is 9.83. The lowest BCUT2D eigenvalue weighted by molar-refractivity contribution is -0.132. The summed E-state index contributed by atoms with van der Waals surface area (Å²) in [5, 5.41) is 27.0. The number of aliphatic hydroxyl groups excluding tert-OH is 2. The van der Waals surface area contributed by atoms with Crippen LogP contribution in [0.1, 0.15) is 18.0 Å². The van der Waals surface area contributed by atoms with E-state index in [1.54, 1.807) is 16.7 Å². The van der Waals surface area contributed by atoms with E-state index in [4.69, 9.17) is 11.6 Å². The quantitative estimate of drug-likeness (QED) is 0.435. The average Bonchev–Trinajstić information content (AvgIpc) is 3.29. The highest BCUT2D eigenvalue weighted by Crippen LogP contribution is 2.67. The van der Waals surface area contributed by atoms with Gasteiger partial charge in [-0.25, -0.2) is 9.37 Å². The van der Waals surface area contributed by atoms with E-state index in [2.05, 4.69) is 25.6 Å². The third-order valence-corrected chi connectivity index (χ3v) is 6.56.